The van der Waals surface area contributed by atoms with Crippen LogP contribution in [0.5, 0.6) is 0 Å². The molecule has 128 valence electrons. The Balaban J connectivity index is 1.95. The third kappa shape index (κ3) is 3.64. The lowest BCUT2D eigenvalue weighted by Crippen LogP contribution is -2.44. The summed E-state index contributed by atoms with van der Waals surface area (Å²) in [6, 6.07) is 7.61. The fourth-order valence-electron chi connectivity index (χ4n) is 2.55. The van der Waals surface area contributed by atoms with Gasteiger partial charge in [-0.3, -0.25) is 14.2 Å². The summed E-state index contributed by atoms with van der Waals surface area (Å²) in [5.74, 6) is -0.0442. The first kappa shape index (κ1) is 17.0. The highest BCUT2D eigenvalue weighted by molar-refractivity contribution is 8.00. The fourth-order valence-corrected chi connectivity index (χ4v) is 3.53. The van der Waals surface area contributed by atoms with Crippen LogP contribution >= 0.6 is 11.8 Å². The Morgan fingerprint density at radius 2 is 2.00 bits per heavy atom. The fraction of sp³-hybridized carbons (Fsp3) is 0.500. The normalized spacial score (nSPS) is 16.2. The van der Waals surface area contributed by atoms with Crippen LogP contribution in [0.2, 0.25) is 0 Å². The van der Waals surface area contributed by atoms with Gasteiger partial charge in [-0.05, 0) is 52.7 Å². The SMILES string of the molecule is C[C@H](Sc1nc2ccccc2c(=O)n1C1CC1)C(=O)NC(C)(C)C. The van der Waals surface area contributed by atoms with Gasteiger partial charge in [0.2, 0.25) is 5.91 Å². The van der Waals surface area contributed by atoms with E-state index in [1.54, 1.807) is 4.57 Å². The van der Waals surface area contributed by atoms with Crippen LogP contribution < -0.4 is 10.9 Å². The molecule has 0 bridgehead atoms. The molecule has 5 nitrogen and oxygen atoms in total. The van der Waals surface area contributed by atoms with E-state index in [1.165, 1.54) is 11.8 Å². The van der Waals surface area contributed by atoms with Gasteiger partial charge in [-0.25, -0.2) is 4.98 Å². The van der Waals surface area contributed by atoms with Crippen molar-refractivity contribution in [3.8, 4) is 0 Å². The van der Waals surface area contributed by atoms with E-state index >= 15 is 0 Å². The number of benzene rings is 1. The molecule has 6 heteroatoms. The molecule has 1 fully saturated rings. The van der Waals surface area contributed by atoms with E-state index in [1.807, 2.05) is 52.0 Å². The van der Waals surface area contributed by atoms with Gasteiger partial charge in [-0.2, -0.15) is 0 Å². The van der Waals surface area contributed by atoms with Crippen molar-refractivity contribution in [3.05, 3.63) is 34.6 Å². The van der Waals surface area contributed by atoms with E-state index < -0.39 is 0 Å². The van der Waals surface area contributed by atoms with E-state index in [0.29, 0.717) is 16.1 Å². The van der Waals surface area contributed by atoms with Crippen LogP contribution in [0.3, 0.4) is 0 Å². The monoisotopic (exact) mass is 345 g/mol. The first-order valence-corrected chi connectivity index (χ1v) is 9.14. The minimum atomic E-state index is -0.317. The Morgan fingerprint density at radius 3 is 2.62 bits per heavy atom. The standard InChI is InChI=1S/C18H23N3O2S/c1-11(15(22)20-18(2,3)4)24-17-19-14-8-6-5-7-13(14)16(23)21(17)12-9-10-12/h5-8,11-12H,9-10H2,1-4H3,(H,20,22)/t11-/m0/s1. The number of aromatic nitrogens is 2. The van der Waals surface area contributed by atoms with Crippen LogP contribution in [0.15, 0.2) is 34.2 Å². The number of carbonyl (C=O) groups excluding carboxylic acids is 1. The molecule has 0 saturated heterocycles. The minimum Gasteiger partial charge on any atom is -0.351 e. The number of nitrogens with zero attached hydrogens (tertiary/aromatic N) is 2. The molecule has 1 aromatic heterocycles. The van der Waals surface area contributed by atoms with Crippen LogP contribution in [0.4, 0.5) is 0 Å². The molecule has 1 N–H and O–H groups in total. The van der Waals surface area contributed by atoms with Crippen molar-refractivity contribution in [2.75, 3.05) is 0 Å². The van der Waals surface area contributed by atoms with Crippen molar-refractivity contribution < 1.29 is 4.79 Å². The van der Waals surface area contributed by atoms with Gasteiger partial charge < -0.3 is 5.32 Å². The Labute approximate surface area is 145 Å². The van der Waals surface area contributed by atoms with Gasteiger partial charge in [0.25, 0.3) is 5.56 Å². The molecule has 1 aromatic carbocycles. The number of thioether (sulfide) groups is 1. The molecule has 2 aromatic rings. The molecule has 1 aliphatic rings. The summed E-state index contributed by atoms with van der Waals surface area (Å²) in [4.78, 5) is 29.8. The summed E-state index contributed by atoms with van der Waals surface area (Å²) < 4.78 is 1.77. The minimum absolute atomic E-state index is 0.00553. The Hall–Kier alpha value is -1.82. The van der Waals surface area contributed by atoms with Gasteiger partial charge in [0.1, 0.15) is 0 Å². The predicted octanol–water partition coefficient (Wildman–Crippen LogP) is 3.13. The topological polar surface area (TPSA) is 64.0 Å². The number of amides is 1. The molecule has 1 atom stereocenters. The average molecular weight is 345 g/mol. The van der Waals surface area contributed by atoms with Gasteiger partial charge in [0, 0.05) is 11.6 Å². The largest absolute Gasteiger partial charge is 0.351 e. The molecule has 1 saturated carbocycles. The maximum Gasteiger partial charge on any atom is 0.262 e. The highest BCUT2D eigenvalue weighted by atomic mass is 32.2. The molecule has 3 rings (SSSR count). The van der Waals surface area contributed by atoms with Gasteiger partial charge in [-0.15, -0.1) is 0 Å². The zero-order valence-corrected chi connectivity index (χ0v) is 15.3. The summed E-state index contributed by atoms with van der Waals surface area (Å²) in [5, 5.41) is 3.94. The predicted molar refractivity (Wildman–Crippen MR) is 97.5 cm³/mol. The van der Waals surface area contributed by atoms with E-state index in [-0.39, 0.29) is 28.3 Å². The molecule has 0 spiro atoms. The Morgan fingerprint density at radius 1 is 1.33 bits per heavy atom. The maximum absolute atomic E-state index is 12.8. The zero-order chi connectivity index (χ0) is 17.5. The van der Waals surface area contributed by atoms with Gasteiger partial charge in [-0.1, -0.05) is 23.9 Å². The Kier molecular flexibility index (Phi) is 4.42. The third-order valence-electron chi connectivity index (χ3n) is 3.84. The van der Waals surface area contributed by atoms with Crippen LogP contribution in [0.1, 0.15) is 46.6 Å². The number of carbonyl (C=O) groups is 1. The van der Waals surface area contributed by atoms with Crippen molar-refractivity contribution in [3.63, 3.8) is 0 Å². The first-order valence-electron chi connectivity index (χ1n) is 8.26. The van der Waals surface area contributed by atoms with Gasteiger partial charge in [0.05, 0.1) is 16.2 Å². The lowest BCUT2D eigenvalue weighted by Gasteiger charge is -2.23. The van der Waals surface area contributed by atoms with Crippen molar-refractivity contribution >= 4 is 28.6 Å². The third-order valence-corrected chi connectivity index (χ3v) is 4.90. The smallest absolute Gasteiger partial charge is 0.262 e. The first-order chi connectivity index (χ1) is 11.3. The van der Waals surface area contributed by atoms with Crippen molar-refractivity contribution in [1.29, 1.82) is 0 Å². The lowest BCUT2D eigenvalue weighted by molar-refractivity contribution is -0.121. The number of fused-ring (bicyclic) bond motifs is 1. The number of hydrogen-bond donors (Lipinski definition) is 1. The summed E-state index contributed by atoms with van der Waals surface area (Å²) in [6.07, 6.45) is 1.99. The van der Waals surface area contributed by atoms with Crippen molar-refractivity contribution in [2.24, 2.45) is 0 Å². The Bertz CT molecular complexity index is 834. The molecule has 24 heavy (non-hydrogen) atoms. The molecule has 1 aliphatic carbocycles. The highest BCUT2D eigenvalue weighted by Gasteiger charge is 2.30. The summed E-state index contributed by atoms with van der Waals surface area (Å²) in [5.41, 5.74) is 0.401. The van der Waals surface area contributed by atoms with Crippen LogP contribution in [-0.2, 0) is 4.79 Å². The number of rotatable bonds is 4. The highest BCUT2D eigenvalue weighted by Crippen LogP contribution is 2.37. The number of hydrogen-bond acceptors (Lipinski definition) is 4. The average Bonchev–Trinajstić information content (AvgIpc) is 3.30. The molecule has 1 heterocycles. The molecular weight excluding hydrogens is 322 g/mol. The quantitative estimate of drug-likeness (QED) is 0.683. The van der Waals surface area contributed by atoms with Gasteiger partial charge >= 0.3 is 0 Å². The van der Waals surface area contributed by atoms with Crippen LogP contribution in [0.25, 0.3) is 10.9 Å². The van der Waals surface area contributed by atoms with E-state index in [0.717, 1.165) is 12.8 Å². The van der Waals surface area contributed by atoms with Gasteiger partial charge in [0.15, 0.2) is 5.16 Å². The van der Waals surface area contributed by atoms with Crippen LogP contribution in [-0.4, -0.2) is 26.2 Å². The lowest BCUT2D eigenvalue weighted by atomic mass is 10.1. The summed E-state index contributed by atoms with van der Waals surface area (Å²) in [6.45, 7) is 7.72. The van der Waals surface area contributed by atoms with Crippen molar-refractivity contribution in [2.45, 2.75) is 62.5 Å². The number of nitrogens with one attached hydrogen (secondary N) is 1. The molecule has 0 unspecified atom stereocenters. The number of para-hydroxylation sites is 1. The van der Waals surface area contributed by atoms with Crippen LogP contribution in [0, 0.1) is 0 Å². The second kappa shape index (κ2) is 6.24. The summed E-state index contributed by atoms with van der Waals surface area (Å²) >= 11 is 1.36. The maximum atomic E-state index is 12.8. The molecule has 0 aliphatic heterocycles. The van der Waals surface area contributed by atoms with E-state index in [4.69, 9.17) is 0 Å². The second-order valence-electron chi connectivity index (χ2n) is 7.32. The second-order valence-corrected chi connectivity index (χ2v) is 8.63. The van der Waals surface area contributed by atoms with Crippen molar-refractivity contribution in [1.82, 2.24) is 14.9 Å². The van der Waals surface area contributed by atoms with E-state index in [9.17, 15) is 9.59 Å². The molecule has 0 radical (unpaired) electrons. The zero-order valence-electron chi connectivity index (χ0n) is 14.5. The summed E-state index contributed by atoms with van der Waals surface area (Å²) in [7, 11) is 0. The van der Waals surface area contributed by atoms with E-state index in [2.05, 4.69) is 10.3 Å². The molecule has 1 amide bonds. The molecular formula is C18H23N3O2S.